The smallest absolute Gasteiger partial charge is 0.224 e. The Bertz CT molecular complexity index is 919. The van der Waals surface area contributed by atoms with Crippen LogP contribution in [0.2, 0.25) is 0 Å². The molecule has 25 heavy (non-hydrogen) atoms. The van der Waals surface area contributed by atoms with Crippen molar-refractivity contribution in [2.45, 2.75) is 24.8 Å². The summed E-state index contributed by atoms with van der Waals surface area (Å²) >= 11 is 0. The van der Waals surface area contributed by atoms with E-state index in [0.29, 0.717) is 13.1 Å². The summed E-state index contributed by atoms with van der Waals surface area (Å²) in [5.41, 5.74) is 0.641. The maximum Gasteiger partial charge on any atom is 0.224 e. The molecule has 1 aliphatic carbocycles. The number of aromatic amines is 1. The summed E-state index contributed by atoms with van der Waals surface area (Å²) in [6.45, 7) is 2.01. The lowest BCUT2D eigenvalue weighted by atomic mass is 10.1. The van der Waals surface area contributed by atoms with Crippen molar-refractivity contribution < 1.29 is 13.2 Å². The average molecular weight is 363 g/mol. The van der Waals surface area contributed by atoms with Gasteiger partial charge in [-0.1, -0.05) is 0 Å². The van der Waals surface area contributed by atoms with E-state index in [9.17, 15) is 13.2 Å². The Balaban J connectivity index is 1.52. The first-order chi connectivity index (χ1) is 11.9. The molecule has 0 radical (unpaired) electrons. The number of anilines is 1. The summed E-state index contributed by atoms with van der Waals surface area (Å²) < 4.78 is 22.7. The zero-order valence-electron chi connectivity index (χ0n) is 14.1. The fourth-order valence-electron chi connectivity index (χ4n) is 3.64. The summed E-state index contributed by atoms with van der Waals surface area (Å²) in [7, 11) is -3.12. The Morgan fingerprint density at radius 1 is 1.32 bits per heavy atom. The number of hydrogen-bond donors (Lipinski definition) is 1. The summed E-state index contributed by atoms with van der Waals surface area (Å²) in [6, 6.07) is 1.97. The number of nitrogens with zero attached hydrogens (tertiary/aromatic N) is 4. The Morgan fingerprint density at radius 2 is 2.12 bits per heavy atom. The van der Waals surface area contributed by atoms with Crippen molar-refractivity contribution in [3.8, 4) is 0 Å². The number of rotatable bonds is 4. The van der Waals surface area contributed by atoms with Crippen LogP contribution in [0.1, 0.15) is 19.3 Å². The topological polar surface area (TPSA) is 99.3 Å². The maximum absolute atomic E-state index is 12.5. The van der Waals surface area contributed by atoms with Gasteiger partial charge in [0, 0.05) is 38.5 Å². The van der Waals surface area contributed by atoms with Gasteiger partial charge in [0.2, 0.25) is 5.91 Å². The van der Waals surface area contributed by atoms with Crippen LogP contribution < -0.4 is 4.90 Å². The van der Waals surface area contributed by atoms with Crippen molar-refractivity contribution >= 4 is 32.6 Å². The molecule has 8 nitrogen and oxygen atoms in total. The second-order valence-corrected chi connectivity index (χ2v) is 9.27. The van der Waals surface area contributed by atoms with Crippen LogP contribution in [-0.4, -0.2) is 71.4 Å². The number of carbonyl (C=O) groups is 1. The van der Waals surface area contributed by atoms with Crippen LogP contribution in [0.5, 0.6) is 0 Å². The highest BCUT2D eigenvalue weighted by Crippen LogP contribution is 2.45. The predicted octanol–water partition coefficient (Wildman–Crippen LogP) is 0.574. The molecule has 2 fully saturated rings. The SMILES string of the molecule is CS(=O)(=O)CCC(=O)N1CCN(c2ncnc3[nH]ccc23)CC12CC2. The number of amides is 1. The van der Waals surface area contributed by atoms with Crippen molar-refractivity contribution in [1.82, 2.24) is 19.9 Å². The minimum atomic E-state index is -3.12. The maximum atomic E-state index is 12.5. The van der Waals surface area contributed by atoms with Crippen molar-refractivity contribution in [2.75, 3.05) is 36.5 Å². The molecule has 1 aliphatic heterocycles. The van der Waals surface area contributed by atoms with Gasteiger partial charge in [-0.15, -0.1) is 0 Å². The average Bonchev–Trinajstić information content (AvgIpc) is 3.15. The number of piperazine rings is 1. The van der Waals surface area contributed by atoms with Gasteiger partial charge in [-0.05, 0) is 18.9 Å². The first kappa shape index (κ1) is 16.3. The molecule has 0 bridgehead atoms. The lowest BCUT2D eigenvalue weighted by Gasteiger charge is -2.43. The van der Waals surface area contributed by atoms with E-state index in [4.69, 9.17) is 0 Å². The molecule has 1 spiro atoms. The van der Waals surface area contributed by atoms with E-state index in [1.807, 2.05) is 17.2 Å². The molecule has 1 N–H and O–H groups in total. The minimum absolute atomic E-state index is 0.0583. The van der Waals surface area contributed by atoms with Crippen molar-refractivity contribution in [2.24, 2.45) is 0 Å². The normalized spacial score (nSPS) is 19.6. The van der Waals surface area contributed by atoms with Gasteiger partial charge < -0.3 is 14.8 Å². The van der Waals surface area contributed by atoms with E-state index >= 15 is 0 Å². The van der Waals surface area contributed by atoms with Gasteiger partial charge in [0.25, 0.3) is 0 Å². The van der Waals surface area contributed by atoms with Crippen LogP contribution in [0.25, 0.3) is 11.0 Å². The van der Waals surface area contributed by atoms with E-state index in [0.717, 1.165) is 36.2 Å². The fourth-order valence-corrected chi connectivity index (χ4v) is 4.18. The monoisotopic (exact) mass is 363 g/mol. The first-order valence-electron chi connectivity index (χ1n) is 8.39. The summed E-state index contributed by atoms with van der Waals surface area (Å²) in [6.07, 6.45) is 6.54. The lowest BCUT2D eigenvalue weighted by Crippen LogP contribution is -2.57. The lowest BCUT2D eigenvalue weighted by molar-refractivity contribution is -0.134. The Morgan fingerprint density at radius 3 is 2.84 bits per heavy atom. The predicted molar refractivity (Wildman–Crippen MR) is 94.1 cm³/mol. The second-order valence-electron chi connectivity index (χ2n) is 7.01. The molecule has 9 heteroatoms. The van der Waals surface area contributed by atoms with Gasteiger partial charge in [0.15, 0.2) is 0 Å². The van der Waals surface area contributed by atoms with Gasteiger partial charge >= 0.3 is 0 Å². The van der Waals surface area contributed by atoms with Crippen LogP contribution in [0, 0.1) is 0 Å². The van der Waals surface area contributed by atoms with Crippen molar-refractivity contribution in [3.05, 3.63) is 18.6 Å². The van der Waals surface area contributed by atoms with Crippen LogP contribution >= 0.6 is 0 Å². The van der Waals surface area contributed by atoms with E-state index in [1.165, 1.54) is 6.26 Å². The highest BCUT2D eigenvalue weighted by Gasteiger charge is 2.53. The molecular weight excluding hydrogens is 342 g/mol. The third-order valence-corrected chi connectivity index (χ3v) is 6.04. The number of aromatic nitrogens is 3. The molecule has 1 saturated carbocycles. The van der Waals surface area contributed by atoms with Gasteiger partial charge in [0.05, 0.1) is 16.7 Å². The van der Waals surface area contributed by atoms with Gasteiger partial charge in [0.1, 0.15) is 27.6 Å². The third kappa shape index (κ3) is 3.08. The number of sulfone groups is 1. The molecule has 0 aromatic carbocycles. The minimum Gasteiger partial charge on any atom is -0.352 e. The number of carbonyl (C=O) groups excluding carboxylic acids is 1. The van der Waals surface area contributed by atoms with Gasteiger partial charge in [-0.25, -0.2) is 18.4 Å². The Labute approximate surface area is 146 Å². The Kier molecular flexibility index (Phi) is 3.71. The number of H-pyrrole nitrogens is 1. The van der Waals surface area contributed by atoms with Crippen molar-refractivity contribution in [1.29, 1.82) is 0 Å². The van der Waals surface area contributed by atoms with Crippen LogP contribution in [0.3, 0.4) is 0 Å². The molecule has 134 valence electrons. The van der Waals surface area contributed by atoms with Crippen LogP contribution in [0.15, 0.2) is 18.6 Å². The molecule has 0 atom stereocenters. The number of hydrogen-bond acceptors (Lipinski definition) is 6. The molecule has 3 heterocycles. The zero-order chi connectivity index (χ0) is 17.7. The molecule has 4 rings (SSSR count). The van der Waals surface area contributed by atoms with Gasteiger partial charge in [-0.3, -0.25) is 4.79 Å². The third-order valence-electron chi connectivity index (χ3n) is 5.10. The van der Waals surface area contributed by atoms with E-state index < -0.39 is 9.84 Å². The van der Waals surface area contributed by atoms with Crippen LogP contribution in [0.4, 0.5) is 5.82 Å². The molecule has 0 unspecified atom stereocenters. The fraction of sp³-hybridized carbons (Fsp3) is 0.562. The largest absolute Gasteiger partial charge is 0.352 e. The van der Waals surface area contributed by atoms with E-state index in [2.05, 4.69) is 19.9 Å². The van der Waals surface area contributed by atoms with E-state index in [-0.39, 0.29) is 23.6 Å². The number of fused-ring (bicyclic) bond motifs is 1. The van der Waals surface area contributed by atoms with Crippen LogP contribution in [-0.2, 0) is 14.6 Å². The van der Waals surface area contributed by atoms with Crippen molar-refractivity contribution in [3.63, 3.8) is 0 Å². The quantitative estimate of drug-likeness (QED) is 0.853. The Hall–Kier alpha value is -2.16. The first-order valence-corrected chi connectivity index (χ1v) is 10.5. The highest BCUT2D eigenvalue weighted by atomic mass is 32.2. The van der Waals surface area contributed by atoms with Gasteiger partial charge in [-0.2, -0.15) is 0 Å². The molecule has 2 aromatic heterocycles. The highest BCUT2D eigenvalue weighted by molar-refractivity contribution is 7.90. The zero-order valence-corrected chi connectivity index (χ0v) is 14.9. The molecule has 2 aromatic rings. The molecule has 1 saturated heterocycles. The second kappa shape index (κ2) is 5.69. The standard InChI is InChI=1S/C16H21N5O3S/c1-25(23,24)9-3-13(22)21-8-7-20(10-16(21)4-5-16)15-12-2-6-17-14(12)18-11-19-15/h2,6,11H,3-5,7-10H2,1H3,(H,17,18,19). The molecule has 1 amide bonds. The van der Waals surface area contributed by atoms with E-state index in [1.54, 1.807) is 6.33 Å². The summed E-state index contributed by atoms with van der Waals surface area (Å²) in [5.74, 6) is 0.746. The molecule has 2 aliphatic rings. The molecular formula is C16H21N5O3S. The number of nitrogens with one attached hydrogen (secondary N) is 1. The summed E-state index contributed by atoms with van der Waals surface area (Å²) in [5, 5.41) is 0.982. The summed E-state index contributed by atoms with van der Waals surface area (Å²) in [4.78, 5) is 28.4.